The second-order valence-electron chi connectivity index (χ2n) is 4.94. The van der Waals surface area contributed by atoms with Crippen LogP contribution in [-0.4, -0.2) is 13.6 Å². The van der Waals surface area contributed by atoms with Gasteiger partial charge in [-0.15, -0.1) is 0 Å². The molecule has 0 aromatic rings. The topological polar surface area (TPSA) is 49.8 Å². The van der Waals surface area contributed by atoms with E-state index in [1.165, 1.54) is 6.04 Å². The van der Waals surface area contributed by atoms with E-state index < -0.39 is 13.6 Å². The summed E-state index contributed by atoms with van der Waals surface area (Å²) in [6, 6.07) is 3.39. The molecule has 0 fully saturated rings. The molecule has 0 aromatic carbocycles. The van der Waals surface area contributed by atoms with Crippen LogP contribution in [0.5, 0.6) is 0 Å². The number of rotatable bonds is 4. The maximum Gasteiger partial charge on any atom is 0.101 e. The minimum absolute atomic E-state index is 0.611. The molecule has 1 atom stereocenters. The zero-order chi connectivity index (χ0) is 9.83. The van der Waals surface area contributed by atoms with Crippen LogP contribution in [0, 0.1) is 11.3 Å². The van der Waals surface area contributed by atoms with Crippen LogP contribution in [0.3, 0.4) is 0 Å². The highest BCUT2D eigenvalue weighted by molar-refractivity contribution is 6.76. The molecule has 0 rings (SSSR count). The molecule has 0 saturated heterocycles. The molecule has 3 heteroatoms. The van der Waals surface area contributed by atoms with Gasteiger partial charge in [-0.05, 0) is 13.3 Å². The van der Waals surface area contributed by atoms with E-state index in [2.05, 4.69) is 25.7 Å². The molecule has 0 saturated carbocycles. The van der Waals surface area contributed by atoms with Gasteiger partial charge >= 0.3 is 0 Å². The first-order chi connectivity index (χ1) is 5.27. The summed E-state index contributed by atoms with van der Waals surface area (Å²) in [4.78, 5) is 0. The molecule has 2 N–H and O–H groups in total. The van der Waals surface area contributed by atoms with Crippen molar-refractivity contribution in [3.63, 3.8) is 0 Å². The minimum Gasteiger partial charge on any atom is -0.314 e. The van der Waals surface area contributed by atoms with Crippen LogP contribution >= 0.6 is 0 Å². The van der Waals surface area contributed by atoms with Crippen LogP contribution in [0.4, 0.5) is 0 Å². The second kappa shape index (κ2) is 4.06. The maximum atomic E-state index is 8.66. The minimum atomic E-state index is -0.935. The largest absolute Gasteiger partial charge is 0.314 e. The third kappa shape index (κ3) is 6.38. The molecule has 0 bridgehead atoms. The second-order valence-corrected chi connectivity index (χ2v) is 10.6. The average molecular weight is 184 g/mol. The van der Waals surface area contributed by atoms with E-state index in [1.807, 2.05) is 0 Å². The molecule has 0 aromatic heterocycles. The van der Waals surface area contributed by atoms with E-state index in [0.29, 0.717) is 0 Å². The molecule has 0 heterocycles. The van der Waals surface area contributed by atoms with E-state index >= 15 is 0 Å². The van der Waals surface area contributed by atoms with Gasteiger partial charge in [0.1, 0.15) is 5.54 Å². The van der Waals surface area contributed by atoms with E-state index in [9.17, 15) is 0 Å². The smallest absolute Gasteiger partial charge is 0.101 e. The Morgan fingerprint density at radius 1 is 1.42 bits per heavy atom. The lowest BCUT2D eigenvalue weighted by molar-refractivity contribution is 0.536. The van der Waals surface area contributed by atoms with Gasteiger partial charge in [0.25, 0.3) is 0 Å². The summed E-state index contributed by atoms with van der Waals surface area (Å²) in [6.45, 7) is 8.82. The van der Waals surface area contributed by atoms with Crippen molar-refractivity contribution >= 4 is 8.07 Å². The van der Waals surface area contributed by atoms with Crippen molar-refractivity contribution in [2.75, 3.05) is 0 Å². The SMILES string of the molecule is C[C@](N)(C#N)CCC[Si](C)(C)C. The summed E-state index contributed by atoms with van der Waals surface area (Å²) in [6.07, 6.45) is 1.92. The van der Waals surface area contributed by atoms with Gasteiger partial charge in [-0.1, -0.05) is 32.1 Å². The molecule has 0 aliphatic rings. The molecule has 2 nitrogen and oxygen atoms in total. The quantitative estimate of drug-likeness (QED) is 0.682. The van der Waals surface area contributed by atoms with Gasteiger partial charge in [0.2, 0.25) is 0 Å². The van der Waals surface area contributed by atoms with E-state index in [-0.39, 0.29) is 0 Å². The third-order valence-corrected chi connectivity index (χ3v) is 3.73. The van der Waals surface area contributed by atoms with Crippen molar-refractivity contribution in [3.8, 4) is 6.07 Å². The molecule has 70 valence electrons. The fourth-order valence-electron chi connectivity index (χ4n) is 1.04. The van der Waals surface area contributed by atoms with Crippen LogP contribution in [0.15, 0.2) is 0 Å². The van der Waals surface area contributed by atoms with E-state index in [0.717, 1.165) is 12.8 Å². The predicted octanol–water partition coefficient (Wildman–Crippen LogP) is 2.35. The first-order valence-electron chi connectivity index (χ1n) is 4.47. The number of hydrogen-bond donors (Lipinski definition) is 1. The van der Waals surface area contributed by atoms with E-state index in [4.69, 9.17) is 11.0 Å². The summed E-state index contributed by atoms with van der Waals surface area (Å²) in [7, 11) is -0.935. The molecule has 0 aliphatic carbocycles. The number of nitriles is 1. The zero-order valence-electron chi connectivity index (χ0n) is 8.65. The first kappa shape index (κ1) is 11.7. The number of hydrogen-bond acceptors (Lipinski definition) is 2. The van der Waals surface area contributed by atoms with Gasteiger partial charge in [0.05, 0.1) is 6.07 Å². The lowest BCUT2D eigenvalue weighted by atomic mass is 10.0. The van der Waals surface area contributed by atoms with Crippen molar-refractivity contribution in [2.24, 2.45) is 5.73 Å². The summed E-state index contributed by atoms with van der Waals surface area (Å²) >= 11 is 0. The Labute approximate surface area is 76.8 Å². The molecule has 12 heavy (non-hydrogen) atoms. The molecule has 0 spiro atoms. The Morgan fingerprint density at radius 2 is 1.92 bits per heavy atom. The monoisotopic (exact) mass is 184 g/mol. The maximum absolute atomic E-state index is 8.66. The van der Waals surface area contributed by atoms with Crippen molar-refractivity contribution in [3.05, 3.63) is 0 Å². The summed E-state index contributed by atoms with van der Waals surface area (Å²) in [5.41, 5.74) is 5.09. The molecule has 0 radical (unpaired) electrons. The fourth-order valence-corrected chi connectivity index (χ4v) is 2.28. The predicted molar refractivity (Wildman–Crippen MR) is 55.6 cm³/mol. The third-order valence-electron chi connectivity index (χ3n) is 1.88. The lowest BCUT2D eigenvalue weighted by Gasteiger charge is -2.19. The molecule has 0 unspecified atom stereocenters. The van der Waals surface area contributed by atoms with Crippen molar-refractivity contribution in [1.82, 2.24) is 0 Å². The Balaban J connectivity index is 3.66. The lowest BCUT2D eigenvalue weighted by Crippen LogP contribution is -2.34. The van der Waals surface area contributed by atoms with Gasteiger partial charge in [-0.25, -0.2) is 0 Å². The average Bonchev–Trinajstić information content (AvgIpc) is 1.84. The van der Waals surface area contributed by atoms with Crippen LogP contribution in [-0.2, 0) is 0 Å². The van der Waals surface area contributed by atoms with Crippen LogP contribution < -0.4 is 5.73 Å². The Bertz CT molecular complexity index is 174. The van der Waals surface area contributed by atoms with Gasteiger partial charge in [-0.2, -0.15) is 5.26 Å². The van der Waals surface area contributed by atoms with Crippen molar-refractivity contribution in [2.45, 2.75) is 51.0 Å². The number of nitrogens with two attached hydrogens (primary N) is 1. The standard InChI is InChI=1S/C9H20N2Si/c1-9(11,8-10)6-5-7-12(2,3)4/h5-7,11H2,1-4H3/t9-/m1/s1. The van der Waals surface area contributed by atoms with Gasteiger partial charge < -0.3 is 5.73 Å². The molecular weight excluding hydrogens is 164 g/mol. The summed E-state index contributed by atoms with van der Waals surface area (Å²) in [5, 5.41) is 8.66. The van der Waals surface area contributed by atoms with Crippen LogP contribution in [0.1, 0.15) is 19.8 Å². The van der Waals surface area contributed by atoms with Crippen LogP contribution in [0.2, 0.25) is 25.7 Å². The molecule has 0 aliphatic heterocycles. The van der Waals surface area contributed by atoms with Crippen LogP contribution in [0.25, 0.3) is 0 Å². The Kier molecular flexibility index (Phi) is 3.95. The highest BCUT2D eigenvalue weighted by Crippen LogP contribution is 2.16. The van der Waals surface area contributed by atoms with E-state index in [1.54, 1.807) is 6.92 Å². The number of nitrogens with zero attached hydrogens (tertiary/aromatic N) is 1. The van der Waals surface area contributed by atoms with Crippen molar-refractivity contribution in [1.29, 1.82) is 5.26 Å². The van der Waals surface area contributed by atoms with Gasteiger partial charge in [0.15, 0.2) is 0 Å². The summed E-state index contributed by atoms with van der Waals surface area (Å²) < 4.78 is 0. The summed E-state index contributed by atoms with van der Waals surface area (Å²) in [5.74, 6) is 0. The molecular formula is C9H20N2Si. The highest BCUT2D eigenvalue weighted by Gasteiger charge is 2.19. The normalized spacial score (nSPS) is 16.7. The zero-order valence-corrected chi connectivity index (χ0v) is 9.65. The Morgan fingerprint density at radius 3 is 2.25 bits per heavy atom. The highest BCUT2D eigenvalue weighted by atomic mass is 28.3. The molecule has 0 amide bonds. The first-order valence-corrected chi connectivity index (χ1v) is 8.18. The fraction of sp³-hybridized carbons (Fsp3) is 0.889. The van der Waals surface area contributed by atoms with Gasteiger partial charge in [0, 0.05) is 8.07 Å². The van der Waals surface area contributed by atoms with Crippen molar-refractivity contribution < 1.29 is 0 Å². The van der Waals surface area contributed by atoms with Gasteiger partial charge in [-0.3, -0.25) is 0 Å². The Hall–Kier alpha value is -0.333.